The highest BCUT2D eigenvalue weighted by molar-refractivity contribution is 7.99. The van der Waals surface area contributed by atoms with E-state index in [-0.39, 0.29) is 0 Å². The zero-order chi connectivity index (χ0) is 16.1. The molecule has 1 fully saturated rings. The Bertz CT molecular complexity index is 632. The van der Waals surface area contributed by atoms with Gasteiger partial charge in [-0.1, -0.05) is 23.9 Å². The number of piperidine rings is 1. The minimum Gasteiger partial charge on any atom is -0.493 e. The van der Waals surface area contributed by atoms with E-state index >= 15 is 0 Å². The number of likely N-dealkylation sites (tertiary alicyclic amines) is 1. The predicted molar refractivity (Wildman–Crippen MR) is 91.8 cm³/mol. The lowest BCUT2D eigenvalue weighted by Crippen LogP contribution is -2.33. The van der Waals surface area contributed by atoms with Crippen LogP contribution in [0.15, 0.2) is 33.9 Å². The average Bonchev–Trinajstić information content (AvgIpc) is 3.03. The topological polar surface area (TPSA) is 51.4 Å². The molecule has 2 aromatic rings. The third-order valence-corrected chi connectivity index (χ3v) is 5.04. The van der Waals surface area contributed by atoms with E-state index in [0.717, 1.165) is 23.6 Å². The number of hydrogen-bond acceptors (Lipinski definition) is 6. The van der Waals surface area contributed by atoms with E-state index in [1.807, 2.05) is 31.2 Å². The molecule has 2 heterocycles. The summed E-state index contributed by atoms with van der Waals surface area (Å²) in [7, 11) is 2.19. The van der Waals surface area contributed by atoms with Crippen LogP contribution in [0.4, 0.5) is 0 Å². The molecular formula is C17H23N3O2S. The summed E-state index contributed by atoms with van der Waals surface area (Å²) < 4.78 is 11.4. The molecule has 1 unspecified atom stereocenters. The first kappa shape index (κ1) is 16.3. The van der Waals surface area contributed by atoms with Crippen molar-refractivity contribution in [3.63, 3.8) is 0 Å². The van der Waals surface area contributed by atoms with Crippen molar-refractivity contribution >= 4 is 11.8 Å². The van der Waals surface area contributed by atoms with Crippen molar-refractivity contribution in [3.05, 3.63) is 24.3 Å². The van der Waals surface area contributed by atoms with Gasteiger partial charge in [-0.3, -0.25) is 0 Å². The van der Waals surface area contributed by atoms with E-state index < -0.39 is 0 Å². The fraction of sp³-hybridized carbons (Fsp3) is 0.529. The maximum atomic E-state index is 5.82. The molecule has 0 bridgehead atoms. The van der Waals surface area contributed by atoms with Crippen LogP contribution in [0.1, 0.15) is 19.8 Å². The largest absolute Gasteiger partial charge is 0.493 e. The monoisotopic (exact) mass is 333 g/mol. The summed E-state index contributed by atoms with van der Waals surface area (Å²) in [4.78, 5) is 2.40. The van der Waals surface area contributed by atoms with Crippen LogP contribution in [0.2, 0.25) is 0 Å². The molecule has 1 aliphatic rings. The van der Waals surface area contributed by atoms with Gasteiger partial charge in [-0.25, -0.2) is 0 Å². The zero-order valence-corrected chi connectivity index (χ0v) is 14.5. The molecule has 0 N–H and O–H groups in total. The Balaban J connectivity index is 1.64. The van der Waals surface area contributed by atoms with Gasteiger partial charge in [-0.05, 0) is 51.4 Å². The number of aromatic nitrogens is 2. The Kier molecular flexibility index (Phi) is 5.56. The highest BCUT2D eigenvalue weighted by Gasteiger charge is 2.19. The van der Waals surface area contributed by atoms with Crippen LogP contribution in [0, 0.1) is 5.92 Å². The van der Waals surface area contributed by atoms with Crippen molar-refractivity contribution in [2.45, 2.75) is 25.0 Å². The lowest BCUT2D eigenvalue weighted by atomic mass is 10.0. The van der Waals surface area contributed by atoms with Gasteiger partial charge in [0.2, 0.25) is 0 Å². The summed E-state index contributed by atoms with van der Waals surface area (Å²) >= 11 is 1.66. The van der Waals surface area contributed by atoms with Crippen LogP contribution in [0.3, 0.4) is 0 Å². The fourth-order valence-corrected chi connectivity index (χ4v) is 3.79. The van der Waals surface area contributed by atoms with Gasteiger partial charge in [-0.15, -0.1) is 10.2 Å². The summed E-state index contributed by atoms with van der Waals surface area (Å²) in [6.45, 7) is 4.94. The molecule has 0 amide bonds. The van der Waals surface area contributed by atoms with Crippen molar-refractivity contribution in [3.8, 4) is 17.2 Å². The van der Waals surface area contributed by atoms with Crippen LogP contribution >= 0.6 is 11.8 Å². The molecule has 0 spiro atoms. The molecule has 1 aromatic carbocycles. The Morgan fingerprint density at radius 2 is 2.22 bits per heavy atom. The van der Waals surface area contributed by atoms with Gasteiger partial charge < -0.3 is 14.1 Å². The van der Waals surface area contributed by atoms with Gasteiger partial charge in [0, 0.05) is 12.3 Å². The van der Waals surface area contributed by atoms with Gasteiger partial charge in [0.15, 0.2) is 0 Å². The Hall–Kier alpha value is -1.53. The van der Waals surface area contributed by atoms with Gasteiger partial charge in [0.05, 0.1) is 12.2 Å². The Labute approximate surface area is 141 Å². The normalized spacial score (nSPS) is 19.0. The minimum atomic E-state index is 0.525. The molecule has 124 valence electrons. The van der Waals surface area contributed by atoms with E-state index in [2.05, 4.69) is 22.1 Å². The molecule has 1 aromatic heterocycles. The smallest absolute Gasteiger partial charge is 0.276 e. The molecule has 23 heavy (non-hydrogen) atoms. The lowest BCUT2D eigenvalue weighted by molar-refractivity contribution is 0.224. The Morgan fingerprint density at radius 3 is 3.04 bits per heavy atom. The van der Waals surface area contributed by atoms with E-state index in [9.17, 15) is 0 Å². The second kappa shape index (κ2) is 7.84. The highest BCUT2D eigenvalue weighted by atomic mass is 32.2. The van der Waals surface area contributed by atoms with Gasteiger partial charge >= 0.3 is 0 Å². The van der Waals surface area contributed by atoms with Crippen molar-refractivity contribution in [1.82, 2.24) is 15.1 Å². The van der Waals surface area contributed by atoms with Crippen molar-refractivity contribution in [2.24, 2.45) is 5.92 Å². The minimum absolute atomic E-state index is 0.525. The molecule has 0 aliphatic carbocycles. The number of para-hydroxylation sites is 1. The van der Waals surface area contributed by atoms with Crippen LogP contribution < -0.4 is 4.74 Å². The zero-order valence-electron chi connectivity index (χ0n) is 13.7. The summed E-state index contributed by atoms with van der Waals surface area (Å²) in [6.07, 6.45) is 2.56. The van der Waals surface area contributed by atoms with Crippen molar-refractivity contribution in [1.29, 1.82) is 0 Å². The molecule has 0 radical (unpaired) electrons. The van der Waals surface area contributed by atoms with Gasteiger partial charge in [-0.2, -0.15) is 0 Å². The first-order chi connectivity index (χ1) is 11.3. The number of thioether (sulfide) groups is 1. The molecule has 1 saturated heterocycles. The highest BCUT2D eigenvalue weighted by Crippen LogP contribution is 2.31. The third kappa shape index (κ3) is 4.26. The molecule has 1 aliphatic heterocycles. The number of rotatable bonds is 6. The summed E-state index contributed by atoms with van der Waals surface area (Å²) in [5, 5.41) is 8.99. The van der Waals surface area contributed by atoms with E-state index in [1.54, 1.807) is 11.8 Å². The molecule has 5 nitrogen and oxygen atoms in total. The number of ether oxygens (including phenoxy) is 1. The molecule has 3 rings (SSSR count). The third-order valence-electron chi connectivity index (χ3n) is 3.99. The lowest BCUT2D eigenvalue weighted by Gasteiger charge is -2.28. The second-order valence-electron chi connectivity index (χ2n) is 5.88. The first-order valence-electron chi connectivity index (χ1n) is 8.13. The molecule has 6 heteroatoms. The average molecular weight is 333 g/mol. The Morgan fingerprint density at radius 1 is 1.35 bits per heavy atom. The first-order valence-corrected chi connectivity index (χ1v) is 9.12. The summed E-state index contributed by atoms with van der Waals surface area (Å²) in [5.41, 5.74) is 0.853. The maximum Gasteiger partial charge on any atom is 0.276 e. The van der Waals surface area contributed by atoms with Crippen LogP contribution in [-0.4, -0.2) is 47.6 Å². The van der Waals surface area contributed by atoms with E-state index in [1.165, 1.54) is 19.4 Å². The SMILES string of the molecule is CCOc1ccccc1-c1nnc(SCC2CCCN(C)C2)o1. The van der Waals surface area contributed by atoms with Gasteiger partial charge in [0.25, 0.3) is 11.1 Å². The molecular weight excluding hydrogens is 310 g/mol. The predicted octanol–water partition coefficient (Wildman–Crippen LogP) is 3.57. The number of hydrogen-bond donors (Lipinski definition) is 0. The molecule has 1 atom stereocenters. The van der Waals surface area contributed by atoms with E-state index in [0.29, 0.717) is 23.6 Å². The molecule has 0 saturated carbocycles. The van der Waals surface area contributed by atoms with Crippen LogP contribution in [0.5, 0.6) is 5.75 Å². The van der Waals surface area contributed by atoms with Crippen LogP contribution in [-0.2, 0) is 0 Å². The maximum absolute atomic E-state index is 5.82. The van der Waals surface area contributed by atoms with E-state index in [4.69, 9.17) is 9.15 Å². The van der Waals surface area contributed by atoms with Crippen molar-refractivity contribution < 1.29 is 9.15 Å². The fourth-order valence-electron chi connectivity index (χ4n) is 2.90. The standard InChI is InChI=1S/C17H23N3O2S/c1-3-21-15-9-5-4-8-14(15)16-18-19-17(22-16)23-12-13-7-6-10-20(2)11-13/h4-5,8-9,13H,3,6-7,10-12H2,1-2H3. The number of nitrogens with zero attached hydrogens (tertiary/aromatic N) is 3. The van der Waals surface area contributed by atoms with Gasteiger partial charge in [0.1, 0.15) is 5.75 Å². The second-order valence-corrected chi connectivity index (χ2v) is 6.86. The van der Waals surface area contributed by atoms with Crippen LogP contribution in [0.25, 0.3) is 11.5 Å². The summed E-state index contributed by atoms with van der Waals surface area (Å²) in [5.74, 6) is 3.03. The number of benzene rings is 1. The summed E-state index contributed by atoms with van der Waals surface area (Å²) in [6, 6.07) is 7.77. The quantitative estimate of drug-likeness (QED) is 0.753. The van der Waals surface area contributed by atoms with Crippen molar-refractivity contribution in [2.75, 3.05) is 32.5 Å².